The third kappa shape index (κ3) is 3.41. The Bertz CT molecular complexity index is 643. The number of nitrogens with one attached hydrogen (secondary N) is 1. The fraction of sp³-hybridized carbons (Fsp3) is 0.562. The summed E-state index contributed by atoms with van der Waals surface area (Å²) in [6.45, 7) is 1.63. The number of aliphatic hydroxyl groups is 1. The van der Waals surface area contributed by atoms with Crippen molar-refractivity contribution in [1.82, 2.24) is 25.3 Å². The van der Waals surface area contributed by atoms with Gasteiger partial charge < -0.3 is 15.2 Å². The minimum Gasteiger partial charge on any atom is -0.389 e. The predicted molar refractivity (Wildman–Crippen MR) is 82.6 cm³/mol. The monoisotopic (exact) mass is 315 g/mol. The second-order valence-corrected chi connectivity index (χ2v) is 6.34. The molecule has 0 unspecified atom stereocenters. The summed E-state index contributed by atoms with van der Waals surface area (Å²) in [5.74, 6) is 0.597. The fourth-order valence-corrected chi connectivity index (χ4v) is 3.00. The predicted octanol–water partition coefficient (Wildman–Crippen LogP) is 0.469. The summed E-state index contributed by atoms with van der Waals surface area (Å²) in [4.78, 5) is 4.01. The molecule has 3 atom stereocenters. The van der Waals surface area contributed by atoms with Crippen molar-refractivity contribution in [3.63, 3.8) is 0 Å². The second-order valence-electron chi connectivity index (χ2n) is 6.34. The van der Waals surface area contributed by atoms with E-state index in [1.54, 1.807) is 12.4 Å². The number of ether oxygens (including phenoxy) is 1. The minimum absolute atomic E-state index is 0.111. The van der Waals surface area contributed by atoms with Crippen LogP contribution in [0.1, 0.15) is 30.0 Å². The van der Waals surface area contributed by atoms with Crippen LogP contribution in [0.4, 0.5) is 0 Å². The van der Waals surface area contributed by atoms with Gasteiger partial charge in [0.2, 0.25) is 0 Å². The van der Waals surface area contributed by atoms with E-state index >= 15 is 0 Å². The van der Waals surface area contributed by atoms with Crippen LogP contribution in [0.15, 0.2) is 30.7 Å². The molecule has 1 aliphatic carbocycles. The summed E-state index contributed by atoms with van der Waals surface area (Å²) in [5, 5.41) is 22.0. The molecular weight excluding hydrogens is 294 g/mol. The number of aliphatic hydroxyl groups excluding tert-OH is 1. The first-order chi connectivity index (χ1) is 11.3. The third-order valence-corrected chi connectivity index (χ3v) is 4.51. The molecule has 2 aliphatic rings. The van der Waals surface area contributed by atoms with E-state index < -0.39 is 6.10 Å². The first-order valence-corrected chi connectivity index (χ1v) is 8.11. The third-order valence-electron chi connectivity index (χ3n) is 4.51. The first kappa shape index (κ1) is 14.7. The van der Waals surface area contributed by atoms with E-state index in [2.05, 4.69) is 20.6 Å². The van der Waals surface area contributed by atoms with Crippen molar-refractivity contribution >= 4 is 0 Å². The van der Waals surface area contributed by atoms with Gasteiger partial charge in [0, 0.05) is 31.1 Å². The van der Waals surface area contributed by atoms with Crippen LogP contribution in [0.5, 0.6) is 0 Å². The van der Waals surface area contributed by atoms with E-state index in [1.807, 2.05) is 23.0 Å². The summed E-state index contributed by atoms with van der Waals surface area (Å²) >= 11 is 0. The smallest absolute Gasteiger partial charge is 0.0952 e. The highest BCUT2D eigenvalue weighted by molar-refractivity contribution is 5.10. The van der Waals surface area contributed by atoms with Gasteiger partial charge in [-0.1, -0.05) is 5.21 Å². The Kier molecular flexibility index (Phi) is 4.07. The van der Waals surface area contributed by atoms with Gasteiger partial charge in [-0.3, -0.25) is 4.98 Å². The van der Waals surface area contributed by atoms with Gasteiger partial charge in [-0.25, -0.2) is 4.68 Å². The zero-order valence-electron chi connectivity index (χ0n) is 12.9. The second kappa shape index (κ2) is 6.35. The molecule has 1 aliphatic heterocycles. The Labute approximate surface area is 134 Å². The molecule has 0 amide bonds. The average Bonchev–Trinajstić information content (AvgIpc) is 3.23. The summed E-state index contributed by atoms with van der Waals surface area (Å²) in [5.41, 5.74) is 2.21. The molecule has 2 fully saturated rings. The van der Waals surface area contributed by atoms with Crippen molar-refractivity contribution in [1.29, 1.82) is 0 Å². The molecule has 0 radical (unpaired) electrons. The largest absolute Gasteiger partial charge is 0.389 e. The summed E-state index contributed by atoms with van der Waals surface area (Å²) in [7, 11) is 0. The maximum atomic E-state index is 10.2. The lowest BCUT2D eigenvalue weighted by molar-refractivity contribution is 0.0741. The van der Waals surface area contributed by atoms with Crippen LogP contribution in [0, 0.1) is 0 Å². The summed E-state index contributed by atoms with van der Waals surface area (Å²) in [6.07, 6.45) is 7.36. The van der Waals surface area contributed by atoms with Gasteiger partial charge in [-0.05, 0) is 30.5 Å². The Morgan fingerprint density at radius 2 is 2.13 bits per heavy atom. The maximum absolute atomic E-state index is 10.2. The molecule has 3 heterocycles. The molecule has 2 aromatic heterocycles. The van der Waals surface area contributed by atoms with Crippen molar-refractivity contribution in [3.05, 3.63) is 42.0 Å². The zero-order valence-corrected chi connectivity index (χ0v) is 12.9. The molecule has 2 aromatic rings. The van der Waals surface area contributed by atoms with E-state index in [9.17, 15) is 5.11 Å². The van der Waals surface area contributed by atoms with E-state index in [0.29, 0.717) is 25.6 Å². The van der Waals surface area contributed by atoms with Crippen molar-refractivity contribution in [2.75, 3.05) is 6.61 Å². The normalized spacial score (nSPS) is 27.4. The molecular formula is C16H21N5O2. The van der Waals surface area contributed by atoms with Crippen molar-refractivity contribution < 1.29 is 9.84 Å². The van der Waals surface area contributed by atoms with Crippen molar-refractivity contribution in [3.8, 4) is 0 Å². The fourth-order valence-electron chi connectivity index (χ4n) is 3.00. The molecule has 1 saturated heterocycles. The molecule has 23 heavy (non-hydrogen) atoms. The molecule has 1 saturated carbocycles. The average molecular weight is 315 g/mol. The minimum atomic E-state index is -0.506. The molecule has 7 nitrogen and oxygen atoms in total. The van der Waals surface area contributed by atoms with Gasteiger partial charge in [0.1, 0.15) is 0 Å². The first-order valence-electron chi connectivity index (χ1n) is 8.11. The lowest BCUT2D eigenvalue weighted by atomic mass is 10.1. The molecule has 0 bridgehead atoms. The topological polar surface area (TPSA) is 85.1 Å². The standard InChI is InChI=1S/C16H21N5O2/c22-14-10-23-15(9-21-8-13(19-20-21)12-1-2-12)16(14)18-7-11-3-5-17-6-4-11/h3-6,8,12,14-16,18,22H,1-2,7,9-10H2/t14-,15+,16+/m0/s1. The Balaban J connectivity index is 1.38. The lowest BCUT2D eigenvalue weighted by Gasteiger charge is -2.21. The van der Waals surface area contributed by atoms with Crippen LogP contribution in [0.2, 0.25) is 0 Å². The molecule has 122 valence electrons. The van der Waals surface area contributed by atoms with Crippen molar-refractivity contribution in [2.45, 2.75) is 50.1 Å². The maximum Gasteiger partial charge on any atom is 0.0952 e. The van der Waals surface area contributed by atoms with Crippen LogP contribution in [0.3, 0.4) is 0 Å². The Morgan fingerprint density at radius 3 is 2.91 bits per heavy atom. The highest BCUT2D eigenvalue weighted by Crippen LogP contribution is 2.38. The summed E-state index contributed by atoms with van der Waals surface area (Å²) < 4.78 is 7.57. The summed E-state index contributed by atoms with van der Waals surface area (Å²) in [6, 6.07) is 3.81. The van der Waals surface area contributed by atoms with E-state index in [-0.39, 0.29) is 12.1 Å². The molecule has 7 heteroatoms. The number of aromatic nitrogens is 4. The van der Waals surface area contributed by atoms with Crippen LogP contribution in [-0.4, -0.2) is 49.9 Å². The van der Waals surface area contributed by atoms with Gasteiger partial charge in [0.15, 0.2) is 0 Å². The van der Waals surface area contributed by atoms with Gasteiger partial charge >= 0.3 is 0 Å². The van der Waals surface area contributed by atoms with Crippen LogP contribution in [-0.2, 0) is 17.8 Å². The molecule has 4 rings (SSSR count). The lowest BCUT2D eigenvalue weighted by Crippen LogP contribution is -2.45. The number of rotatable bonds is 6. The number of nitrogens with zero attached hydrogens (tertiary/aromatic N) is 4. The van der Waals surface area contributed by atoms with E-state index in [0.717, 1.165) is 11.3 Å². The van der Waals surface area contributed by atoms with Crippen LogP contribution >= 0.6 is 0 Å². The zero-order chi connectivity index (χ0) is 15.6. The van der Waals surface area contributed by atoms with Crippen LogP contribution in [0.25, 0.3) is 0 Å². The molecule has 2 N–H and O–H groups in total. The number of hydrogen-bond acceptors (Lipinski definition) is 6. The number of pyridine rings is 1. The Morgan fingerprint density at radius 1 is 1.30 bits per heavy atom. The van der Waals surface area contributed by atoms with Gasteiger partial charge in [0.05, 0.1) is 37.1 Å². The van der Waals surface area contributed by atoms with Gasteiger partial charge in [0.25, 0.3) is 0 Å². The number of hydrogen-bond donors (Lipinski definition) is 2. The van der Waals surface area contributed by atoms with E-state index in [1.165, 1.54) is 12.8 Å². The molecule has 0 spiro atoms. The Hall–Kier alpha value is -1.83. The van der Waals surface area contributed by atoms with Crippen LogP contribution < -0.4 is 5.32 Å². The van der Waals surface area contributed by atoms with Crippen molar-refractivity contribution in [2.24, 2.45) is 0 Å². The highest BCUT2D eigenvalue weighted by Gasteiger charge is 2.36. The molecule has 0 aromatic carbocycles. The van der Waals surface area contributed by atoms with Gasteiger partial charge in [-0.15, -0.1) is 5.10 Å². The SMILES string of the molecule is O[C@H]1CO[C@H](Cn2cc(C3CC3)nn2)[C@@H]1NCc1ccncc1. The van der Waals surface area contributed by atoms with E-state index in [4.69, 9.17) is 4.74 Å². The van der Waals surface area contributed by atoms with Gasteiger partial charge in [-0.2, -0.15) is 0 Å². The quantitative estimate of drug-likeness (QED) is 0.806. The highest BCUT2D eigenvalue weighted by atomic mass is 16.5.